The fourth-order valence-electron chi connectivity index (χ4n) is 2.58. The number of hydrogen-bond donors (Lipinski definition) is 0. The molecule has 3 rings (SSSR count). The normalized spacial score (nSPS) is 18.6. The molecule has 1 nitrogen and oxygen atoms in total. The van der Waals surface area contributed by atoms with Gasteiger partial charge in [-0.05, 0) is 35.6 Å². The highest BCUT2D eigenvalue weighted by molar-refractivity contribution is 7.99. The van der Waals surface area contributed by atoms with Gasteiger partial charge in [0.25, 0.3) is 0 Å². The predicted molar refractivity (Wildman–Crippen MR) is 77.4 cm³/mol. The van der Waals surface area contributed by atoms with Crippen molar-refractivity contribution in [1.29, 1.82) is 0 Å². The highest BCUT2D eigenvalue weighted by Crippen LogP contribution is 2.43. The Morgan fingerprint density at radius 1 is 1.11 bits per heavy atom. The van der Waals surface area contributed by atoms with Gasteiger partial charge >= 0.3 is 0 Å². The molecule has 1 heterocycles. The van der Waals surface area contributed by atoms with E-state index in [1.807, 2.05) is 0 Å². The number of methoxy groups -OCH3 is 1. The molecule has 0 spiro atoms. The summed E-state index contributed by atoms with van der Waals surface area (Å²) < 4.78 is 5.44. The summed E-state index contributed by atoms with van der Waals surface area (Å²) in [4.78, 5) is 0. The lowest BCUT2D eigenvalue weighted by atomic mass is 9.99. The van der Waals surface area contributed by atoms with Gasteiger partial charge in [-0.2, -0.15) is 11.8 Å². The standard InChI is InChI=1S/C15H16OS.FH/c1-16-14-9-8-13(15-7-4-10-17-15)11-5-2-3-6-12(11)14;/h2-3,5-6,8-9,15H,4,7,10H2,1H3;1H. The fraction of sp³-hybridized carbons (Fsp3) is 0.333. The van der Waals surface area contributed by atoms with Crippen LogP contribution >= 0.6 is 11.8 Å². The van der Waals surface area contributed by atoms with Crippen molar-refractivity contribution in [1.82, 2.24) is 0 Å². The molecular formula is C15H17FOS. The van der Waals surface area contributed by atoms with E-state index in [9.17, 15) is 0 Å². The van der Waals surface area contributed by atoms with E-state index in [-0.39, 0.29) is 4.70 Å². The third kappa shape index (κ3) is 2.19. The van der Waals surface area contributed by atoms with E-state index in [0.29, 0.717) is 5.25 Å². The Hall–Kier alpha value is -1.22. The average molecular weight is 264 g/mol. The number of rotatable bonds is 2. The minimum atomic E-state index is 0. The van der Waals surface area contributed by atoms with Crippen LogP contribution in [0.5, 0.6) is 5.75 Å². The lowest BCUT2D eigenvalue weighted by molar-refractivity contribution is 0.419. The molecule has 0 radical (unpaired) electrons. The Morgan fingerprint density at radius 3 is 2.56 bits per heavy atom. The molecule has 0 saturated carbocycles. The molecule has 96 valence electrons. The molecule has 18 heavy (non-hydrogen) atoms. The number of halogens is 1. The molecule has 0 bridgehead atoms. The Kier molecular flexibility index (Phi) is 4.12. The smallest absolute Gasteiger partial charge is 0.126 e. The molecule has 0 N–H and O–H groups in total. The first-order valence-corrected chi connectivity index (χ1v) is 7.12. The van der Waals surface area contributed by atoms with Gasteiger partial charge in [0.2, 0.25) is 0 Å². The number of benzene rings is 2. The first kappa shape index (κ1) is 13.2. The van der Waals surface area contributed by atoms with E-state index in [4.69, 9.17) is 4.74 Å². The zero-order valence-corrected chi connectivity index (χ0v) is 11.2. The Balaban J connectivity index is 0.00000120. The van der Waals surface area contributed by atoms with Crippen molar-refractivity contribution in [3.63, 3.8) is 0 Å². The summed E-state index contributed by atoms with van der Waals surface area (Å²) in [5.74, 6) is 2.28. The van der Waals surface area contributed by atoms with Crippen LogP contribution in [0.15, 0.2) is 36.4 Å². The molecule has 3 heteroatoms. The van der Waals surface area contributed by atoms with Crippen molar-refractivity contribution < 1.29 is 9.44 Å². The third-order valence-electron chi connectivity index (χ3n) is 3.41. The molecule has 0 amide bonds. The largest absolute Gasteiger partial charge is 0.496 e. The first-order chi connectivity index (χ1) is 8.40. The van der Waals surface area contributed by atoms with Crippen LogP contribution in [0, 0.1) is 0 Å². The van der Waals surface area contributed by atoms with Gasteiger partial charge in [-0.25, -0.2) is 0 Å². The molecule has 1 aliphatic rings. The van der Waals surface area contributed by atoms with E-state index < -0.39 is 0 Å². The van der Waals surface area contributed by atoms with Gasteiger partial charge < -0.3 is 4.74 Å². The van der Waals surface area contributed by atoms with Crippen molar-refractivity contribution >= 4 is 22.5 Å². The summed E-state index contributed by atoms with van der Waals surface area (Å²) in [6.07, 6.45) is 2.65. The van der Waals surface area contributed by atoms with Gasteiger partial charge in [0.05, 0.1) is 7.11 Å². The van der Waals surface area contributed by atoms with Crippen molar-refractivity contribution in [2.45, 2.75) is 18.1 Å². The maximum Gasteiger partial charge on any atom is 0.126 e. The van der Waals surface area contributed by atoms with Gasteiger partial charge in [-0.1, -0.05) is 30.3 Å². The minimum Gasteiger partial charge on any atom is -0.496 e. The summed E-state index contributed by atoms with van der Waals surface area (Å²) in [6, 6.07) is 12.9. The number of fused-ring (bicyclic) bond motifs is 1. The van der Waals surface area contributed by atoms with Crippen LogP contribution in [0.1, 0.15) is 23.7 Å². The maximum absolute atomic E-state index is 5.44. The van der Waals surface area contributed by atoms with E-state index >= 15 is 0 Å². The van der Waals surface area contributed by atoms with Crippen LogP contribution < -0.4 is 4.74 Å². The van der Waals surface area contributed by atoms with Gasteiger partial charge in [-0.3, -0.25) is 4.70 Å². The summed E-state index contributed by atoms with van der Waals surface area (Å²) in [6.45, 7) is 0. The van der Waals surface area contributed by atoms with Gasteiger partial charge in [0.1, 0.15) is 5.75 Å². The number of hydrogen-bond acceptors (Lipinski definition) is 2. The molecule has 1 aliphatic heterocycles. The summed E-state index contributed by atoms with van der Waals surface area (Å²) in [5, 5.41) is 3.26. The Labute approximate surface area is 111 Å². The van der Waals surface area contributed by atoms with Crippen molar-refractivity contribution in [3.8, 4) is 5.75 Å². The maximum atomic E-state index is 5.44. The van der Waals surface area contributed by atoms with Crippen LogP contribution in [0.2, 0.25) is 0 Å². The molecular weight excluding hydrogens is 247 g/mol. The van der Waals surface area contributed by atoms with Crippen LogP contribution in [0.25, 0.3) is 10.8 Å². The van der Waals surface area contributed by atoms with Crippen molar-refractivity contribution in [3.05, 3.63) is 42.0 Å². The molecule has 2 aromatic carbocycles. The monoisotopic (exact) mass is 264 g/mol. The molecule has 1 atom stereocenters. The molecule has 1 unspecified atom stereocenters. The summed E-state index contributed by atoms with van der Waals surface area (Å²) in [5.41, 5.74) is 1.48. The quantitative estimate of drug-likeness (QED) is 0.786. The molecule has 1 saturated heterocycles. The topological polar surface area (TPSA) is 9.23 Å². The first-order valence-electron chi connectivity index (χ1n) is 6.07. The zero-order chi connectivity index (χ0) is 11.7. The number of ether oxygens (including phenoxy) is 1. The Morgan fingerprint density at radius 2 is 1.89 bits per heavy atom. The second kappa shape index (κ2) is 5.61. The summed E-state index contributed by atoms with van der Waals surface area (Å²) in [7, 11) is 1.74. The summed E-state index contributed by atoms with van der Waals surface area (Å²) >= 11 is 2.08. The van der Waals surface area contributed by atoms with E-state index in [1.54, 1.807) is 7.11 Å². The molecule has 0 aromatic heterocycles. The van der Waals surface area contributed by atoms with Crippen LogP contribution in [-0.2, 0) is 0 Å². The predicted octanol–water partition coefficient (Wildman–Crippen LogP) is 4.57. The van der Waals surface area contributed by atoms with E-state index in [2.05, 4.69) is 48.2 Å². The van der Waals surface area contributed by atoms with Crippen LogP contribution in [0.4, 0.5) is 4.70 Å². The highest BCUT2D eigenvalue weighted by atomic mass is 32.2. The zero-order valence-electron chi connectivity index (χ0n) is 10.4. The minimum absolute atomic E-state index is 0. The second-order valence-corrected chi connectivity index (χ2v) is 5.71. The average Bonchev–Trinajstić information content (AvgIpc) is 2.91. The van der Waals surface area contributed by atoms with Crippen molar-refractivity contribution in [2.24, 2.45) is 0 Å². The fourth-order valence-corrected chi connectivity index (χ4v) is 3.91. The van der Waals surface area contributed by atoms with E-state index in [1.165, 1.54) is 34.9 Å². The Bertz CT molecular complexity index is 535. The van der Waals surface area contributed by atoms with Gasteiger partial charge in [-0.15, -0.1) is 0 Å². The van der Waals surface area contributed by atoms with Gasteiger partial charge in [0.15, 0.2) is 0 Å². The second-order valence-electron chi connectivity index (χ2n) is 4.40. The number of thioether (sulfide) groups is 1. The molecule has 2 aromatic rings. The van der Waals surface area contributed by atoms with Gasteiger partial charge in [0, 0.05) is 10.6 Å². The SMILES string of the molecule is COc1ccc(C2CCCS2)c2ccccc12.F. The van der Waals surface area contributed by atoms with Crippen LogP contribution in [-0.4, -0.2) is 12.9 Å². The molecule has 1 fully saturated rings. The lowest BCUT2D eigenvalue weighted by Gasteiger charge is -2.14. The third-order valence-corrected chi connectivity index (χ3v) is 4.83. The van der Waals surface area contributed by atoms with Crippen LogP contribution in [0.3, 0.4) is 0 Å². The molecule has 0 aliphatic carbocycles. The van der Waals surface area contributed by atoms with Crippen molar-refractivity contribution in [2.75, 3.05) is 12.9 Å². The van der Waals surface area contributed by atoms with E-state index in [0.717, 1.165) is 5.75 Å². The lowest BCUT2D eigenvalue weighted by Crippen LogP contribution is -1.93. The highest BCUT2D eigenvalue weighted by Gasteiger charge is 2.20.